The van der Waals surface area contributed by atoms with Gasteiger partial charge in [0, 0.05) is 7.11 Å². The Morgan fingerprint density at radius 1 is 1.60 bits per heavy atom. The Bertz CT molecular complexity index is 160. The highest BCUT2D eigenvalue weighted by molar-refractivity contribution is 5.19. The van der Waals surface area contributed by atoms with Gasteiger partial charge in [-0.2, -0.15) is 0 Å². The molecule has 0 aromatic carbocycles. The Morgan fingerprint density at radius 2 is 2.30 bits per heavy atom. The molecule has 0 bridgehead atoms. The van der Waals surface area contributed by atoms with E-state index in [4.69, 9.17) is 9.84 Å². The summed E-state index contributed by atoms with van der Waals surface area (Å²) in [6, 6.07) is 0. The highest BCUT2D eigenvalue weighted by Crippen LogP contribution is 2.44. The summed E-state index contributed by atoms with van der Waals surface area (Å²) in [6.07, 6.45) is 2.08. The highest BCUT2D eigenvalue weighted by atomic mass is 16.5. The SMILES string of the molecule is COCC#CC1(CO)CC1. The molecule has 0 aromatic heterocycles. The number of hydrogen-bond donors (Lipinski definition) is 1. The molecule has 2 nitrogen and oxygen atoms in total. The molecule has 0 atom stereocenters. The summed E-state index contributed by atoms with van der Waals surface area (Å²) in [4.78, 5) is 0. The molecular formula is C8H12O2. The van der Waals surface area contributed by atoms with Crippen molar-refractivity contribution < 1.29 is 9.84 Å². The van der Waals surface area contributed by atoms with Gasteiger partial charge in [-0.3, -0.25) is 0 Å². The summed E-state index contributed by atoms with van der Waals surface area (Å²) >= 11 is 0. The van der Waals surface area contributed by atoms with Gasteiger partial charge >= 0.3 is 0 Å². The van der Waals surface area contributed by atoms with Crippen molar-refractivity contribution in [1.82, 2.24) is 0 Å². The smallest absolute Gasteiger partial charge is 0.107 e. The Kier molecular flexibility index (Phi) is 2.31. The van der Waals surface area contributed by atoms with Crippen LogP contribution in [0.15, 0.2) is 0 Å². The van der Waals surface area contributed by atoms with Crippen molar-refractivity contribution in [2.45, 2.75) is 12.8 Å². The topological polar surface area (TPSA) is 29.5 Å². The Balaban J connectivity index is 2.31. The van der Waals surface area contributed by atoms with Crippen LogP contribution in [-0.2, 0) is 4.74 Å². The zero-order valence-corrected chi connectivity index (χ0v) is 6.18. The van der Waals surface area contributed by atoms with E-state index in [2.05, 4.69) is 11.8 Å². The van der Waals surface area contributed by atoms with Gasteiger partial charge in [-0.05, 0) is 12.8 Å². The highest BCUT2D eigenvalue weighted by Gasteiger charge is 2.40. The van der Waals surface area contributed by atoms with Crippen LogP contribution >= 0.6 is 0 Å². The molecule has 1 aliphatic rings. The molecule has 1 N–H and O–H groups in total. The predicted octanol–water partition coefficient (Wildman–Crippen LogP) is 0.409. The van der Waals surface area contributed by atoms with Crippen LogP contribution in [0.5, 0.6) is 0 Å². The first-order valence-electron chi connectivity index (χ1n) is 3.43. The second-order valence-corrected chi connectivity index (χ2v) is 2.67. The molecule has 1 aliphatic carbocycles. The van der Waals surface area contributed by atoms with Gasteiger partial charge in [-0.15, -0.1) is 0 Å². The number of ether oxygens (including phenoxy) is 1. The van der Waals surface area contributed by atoms with Gasteiger partial charge < -0.3 is 9.84 Å². The zero-order chi connectivity index (χ0) is 7.45. The fourth-order valence-corrected chi connectivity index (χ4v) is 0.769. The summed E-state index contributed by atoms with van der Waals surface area (Å²) in [5.41, 5.74) is -0.0431. The Labute approximate surface area is 61.2 Å². The quantitative estimate of drug-likeness (QED) is 0.563. The maximum Gasteiger partial charge on any atom is 0.107 e. The van der Waals surface area contributed by atoms with Crippen LogP contribution in [0.1, 0.15) is 12.8 Å². The van der Waals surface area contributed by atoms with Gasteiger partial charge in [0.2, 0.25) is 0 Å². The molecule has 0 aromatic rings. The van der Waals surface area contributed by atoms with Crippen LogP contribution < -0.4 is 0 Å². The standard InChI is InChI=1S/C8H12O2/c1-10-6-2-3-8(7-9)4-5-8/h9H,4-7H2,1H3. The number of rotatable bonds is 2. The largest absolute Gasteiger partial charge is 0.395 e. The number of aliphatic hydroxyl groups is 1. The summed E-state index contributed by atoms with van der Waals surface area (Å²) < 4.78 is 4.75. The number of hydrogen-bond acceptors (Lipinski definition) is 2. The van der Waals surface area contributed by atoms with E-state index in [-0.39, 0.29) is 12.0 Å². The van der Waals surface area contributed by atoms with Crippen molar-refractivity contribution in [2.75, 3.05) is 20.3 Å². The van der Waals surface area contributed by atoms with E-state index in [9.17, 15) is 0 Å². The molecule has 1 saturated carbocycles. The molecule has 0 unspecified atom stereocenters. The lowest BCUT2D eigenvalue weighted by molar-refractivity contribution is 0.236. The van der Waals surface area contributed by atoms with Crippen LogP contribution in [0.2, 0.25) is 0 Å². The van der Waals surface area contributed by atoms with Crippen LogP contribution in [0, 0.1) is 17.3 Å². The molecule has 0 radical (unpaired) electrons. The molecule has 2 heteroatoms. The van der Waals surface area contributed by atoms with Crippen molar-refractivity contribution in [2.24, 2.45) is 5.41 Å². The second kappa shape index (κ2) is 3.05. The van der Waals surface area contributed by atoms with Crippen LogP contribution in [0.3, 0.4) is 0 Å². The normalized spacial score (nSPS) is 19.4. The maximum atomic E-state index is 8.81. The number of aliphatic hydroxyl groups excluding tert-OH is 1. The van der Waals surface area contributed by atoms with E-state index in [0.717, 1.165) is 12.8 Å². The average Bonchev–Trinajstić information content (AvgIpc) is 2.70. The lowest BCUT2D eigenvalue weighted by Crippen LogP contribution is -2.02. The van der Waals surface area contributed by atoms with Gasteiger partial charge in [-0.25, -0.2) is 0 Å². The Morgan fingerprint density at radius 3 is 2.70 bits per heavy atom. The fraction of sp³-hybridized carbons (Fsp3) is 0.750. The molecule has 56 valence electrons. The minimum absolute atomic E-state index is 0.0431. The van der Waals surface area contributed by atoms with Crippen LogP contribution in [-0.4, -0.2) is 25.4 Å². The van der Waals surface area contributed by atoms with Crippen molar-refractivity contribution in [3.63, 3.8) is 0 Å². The summed E-state index contributed by atoms with van der Waals surface area (Å²) in [7, 11) is 1.62. The predicted molar refractivity (Wildman–Crippen MR) is 38.4 cm³/mol. The molecule has 1 fully saturated rings. The third kappa shape index (κ3) is 1.73. The molecule has 0 heterocycles. The second-order valence-electron chi connectivity index (χ2n) is 2.67. The van der Waals surface area contributed by atoms with Gasteiger partial charge in [0.1, 0.15) is 6.61 Å². The Hall–Kier alpha value is -0.520. The molecule has 0 spiro atoms. The van der Waals surface area contributed by atoms with E-state index < -0.39 is 0 Å². The van der Waals surface area contributed by atoms with Gasteiger partial charge in [-0.1, -0.05) is 11.8 Å². The summed E-state index contributed by atoms with van der Waals surface area (Å²) in [5.74, 6) is 5.85. The van der Waals surface area contributed by atoms with Crippen molar-refractivity contribution in [3.05, 3.63) is 0 Å². The third-order valence-corrected chi connectivity index (χ3v) is 1.73. The number of methoxy groups -OCH3 is 1. The van der Waals surface area contributed by atoms with Crippen LogP contribution in [0.25, 0.3) is 0 Å². The lowest BCUT2D eigenvalue weighted by atomic mass is 10.1. The monoisotopic (exact) mass is 140 g/mol. The molecule has 0 saturated heterocycles. The molecule has 0 aliphatic heterocycles. The average molecular weight is 140 g/mol. The molecule has 10 heavy (non-hydrogen) atoms. The fourth-order valence-electron chi connectivity index (χ4n) is 0.769. The van der Waals surface area contributed by atoms with Crippen molar-refractivity contribution in [3.8, 4) is 11.8 Å². The molecule has 0 amide bonds. The third-order valence-electron chi connectivity index (χ3n) is 1.73. The van der Waals surface area contributed by atoms with Gasteiger partial charge in [0.25, 0.3) is 0 Å². The maximum absolute atomic E-state index is 8.81. The van der Waals surface area contributed by atoms with E-state index in [0.29, 0.717) is 6.61 Å². The first kappa shape index (κ1) is 7.59. The first-order chi connectivity index (χ1) is 4.83. The minimum atomic E-state index is -0.0431. The van der Waals surface area contributed by atoms with Crippen molar-refractivity contribution in [1.29, 1.82) is 0 Å². The van der Waals surface area contributed by atoms with Gasteiger partial charge in [0.15, 0.2) is 0 Å². The molecular weight excluding hydrogens is 128 g/mol. The lowest BCUT2D eigenvalue weighted by Gasteiger charge is -1.97. The summed E-state index contributed by atoms with van der Waals surface area (Å²) in [6.45, 7) is 0.672. The minimum Gasteiger partial charge on any atom is -0.395 e. The first-order valence-corrected chi connectivity index (χ1v) is 3.43. The van der Waals surface area contributed by atoms with E-state index in [1.165, 1.54) is 0 Å². The van der Waals surface area contributed by atoms with E-state index >= 15 is 0 Å². The summed E-state index contributed by atoms with van der Waals surface area (Å²) in [5, 5.41) is 8.81. The van der Waals surface area contributed by atoms with E-state index in [1.807, 2.05) is 0 Å². The van der Waals surface area contributed by atoms with Crippen LogP contribution in [0.4, 0.5) is 0 Å². The van der Waals surface area contributed by atoms with E-state index in [1.54, 1.807) is 7.11 Å². The zero-order valence-electron chi connectivity index (χ0n) is 6.18. The van der Waals surface area contributed by atoms with Gasteiger partial charge in [0.05, 0.1) is 12.0 Å². The molecule has 1 rings (SSSR count). The van der Waals surface area contributed by atoms with Crippen molar-refractivity contribution >= 4 is 0 Å².